The third kappa shape index (κ3) is 9.08. The van der Waals surface area contributed by atoms with E-state index in [0.29, 0.717) is 25.3 Å². The van der Waals surface area contributed by atoms with Crippen molar-refractivity contribution >= 4 is 17.6 Å². The van der Waals surface area contributed by atoms with Crippen molar-refractivity contribution in [3.8, 4) is 0 Å². The number of hydrogen-bond acceptors (Lipinski definition) is 6. The van der Waals surface area contributed by atoms with Gasteiger partial charge in [-0.15, -0.1) is 0 Å². The number of nitrogens with zero attached hydrogens (tertiary/aromatic N) is 2. The summed E-state index contributed by atoms with van der Waals surface area (Å²) in [6, 6.07) is 18.3. The number of nitrogens with two attached hydrogens (primary N) is 1. The second-order valence-electron chi connectivity index (χ2n) is 7.43. The van der Waals surface area contributed by atoms with E-state index in [1.54, 1.807) is 31.2 Å². The highest BCUT2D eigenvalue weighted by Crippen LogP contribution is 2.11. The molecule has 1 amide bonds. The topological polar surface area (TPSA) is 116 Å². The molecule has 0 spiro atoms. The maximum Gasteiger partial charge on any atom is 0.411 e. The number of nitrogens with one attached hydrogen (secondary N) is 1. The summed E-state index contributed by atoms with van der Waals surface area (Å²) in [5, 5.41) is 6.81. The van der Waals surface area contributed by atoms with Crippen LogP contribution in [-0.2, 0) is 22.5 Å². The molecule has 0 aliphatic rings. The Hall–Kier alpha value is -3.78. The number of carbonyl (C=O) groups excluding carboxylic acids is 2. The SMILES string of the molecule is CCOC(=O)Nc1cccc(Cn2nc(C)ccc2=O)c1.Cc1cccc(CC(=O)CN)c1. The summed E-state index contributed by atoms with van der Waals surface area (Å²) in [5.41, 5.74) is 9.53. The van der Waals surface area contributed by atoms with Crippen molar-refractivity contribution in [3.63, 3.8) is 0 Å². The van der Waals surface area contributed by atoms with Crippen molar-refractivity contribution in [1.82, 2.24) is 9.78 Å². The zero-order chi connectivity index (χ0) is 24.2. The van der Waals surface area contributed by atoms with Gasteiger partial charge in [0, 0.05) is 18.2 Å². The minimum atomic E-state index is -0.500. The molecular weight excluding hydrogens is 420 g/mol. The first kappa shape index (κ1) is 25.5. The molecule has 1 aromatic heterocycles. The Morgan fingerprint density at radius 2 is 1.76 bits per heavy atom. The lowest BCUT2D eigenvalue weighted by Crippen LogP contribution is -2.23. The second-order valence-corrected chi connectivity index (χ2v) is 7.43. The Morgan fingerprint density at radius 1 is 1.03 bits per heavy atom. The van der Waals surface area contributed by atoms with Crippen molar-refractivity contribution < 1.29 is 14.3 Å². The maximum absolute atomic E-state index is 11.7. The van der Waals surface area contributed by atoms with Crippen LogP contribution >= 0.6 is 0 Å². The van der Waals surface area contributed by atoms with Crippen LogP contribution in [-0.4, -0.2) is 34.8 Å². The van der Waals surface area contributed by atoms with E-state index >= 15 is 0 Å². The van der Waals surface area contributed by atoms with Crippen LogP contribution in [0.15, 0.2) is 65.5 Å². The number of Topliss-reactive ketones (excluding diaryl/α,β-unsaturated/α-hetero) is 1. The lowest BCUT2D eigenvalue weighted by Gasteiger charge is -2.08. The fraction of sp³-hybridized carbons (Fsp3) is 0.280. The molecule has 8 nitrogen and oxygen atoms in total. The smallest absolute Gasteiger partial charge is 0.411 e. The number of ketones is 1. The van der Waals surface area contributed by atoms with Crippen LogP contribution in [0, 0.1) is 13.8 Å². The third-order valence-electron chi connectivity index (χ3n) is 4.49. The van der Waals surface area contributed by atoms with E-state index in [0.717, 1.165) is 16.8 Å². The van der Waals surface area contributed by atoms with Gasteiger partial charge in [-0.1, -0.05) is 42.0 Å². The predicted molar refractivity (Wildman–Crippen MR) is 128 cm³/mol. The lowest BCUT2D eigenvalue weighted by molar-refractivity contribution is -0.117. The molecule has 1 heterocycles. The third-order valence-corrected chi connectivity index (χ3v) is 4.49. The van der Waals surface area contributed by atoms with Crippen LogP contribution in [0.25, 0.3) is 0 Å². The zero-order valence-electron chi connectivity index (χ0n) is 19.2. The van der Waals surface area contributed by atoms with Crippen molar-refractivity contribution in [2.45, 2.75) is 33.7 Å². The summed E-state index contributed by atoms with van der Waals surface area (Å²) >= 11 is 0. The minimum absolute atomic E-state index is 0.0839. The largest absolute Gasteiger partial charge is 0.450 e. The monoisotopic (exact) mass is 450 g/mol. The van der Waals surface area contributed by atoms with Gasteiger partial charge in [0.15, 0.2) is 5.78 Å². The molecule has 0 radical (unpaired) electrons. The number of aromatic nitrogens is 2. The van der Waals surface area contributed by atoms with Gasteiger partial charge in [0.05, 0.1) is 25.4 Å². The van der Waals surface area contributed by atoms with Crippen LogP contribution in [0.5, 0.6) is 0 Å². The van der Waals surface area contributed by atoms with Gasteiger partial charge in [-0.25, -0.2) is 9.48 Å². The predicted octanol–water partition coefficient (Wildman–Crippen LogP) is 3.23. The van der Waals surface area contributed by atoms with Crippen LogP contribution in [0.4, 0.5) is 10.5 Å². The highest BCUT2D eigenvalue weighted by atomic mass is 16.5. The van der Waals surface area contributed by atoms with E-state index < -0.39 is 6.09 Å². The Labute approximate surface area is 193 Å². The summed E-state index contributed by atoms with van der Waals surface area (Å²) < 4.78 is 6.21. The van der Waals surface area contributed by atoms with E-state index in [1.807, 2.05) is 44.2 Å². The van der Waals surface area contributed by atoms with Gasteiger partial charge in [-0.05, 0) is 50.1 Å². The highest BCUT2D eigenvalue weighted by molar-refractivity contribution is 5.84. The molecule has 3 N–H and O–H groups in total. The molecule has 0 fully saturated rings. The minimum Gasteiger partial charge on any atom is -0.450 e. The van der Waals surface area contributed by atoms with Gasteiger partial charge in [0.1, 0.15) is 0 Å². The maximum atomic E-state index is 11.7. The second kappa shape index (κ2) is 12.9. The molecular formula is C25H30N4O4. The molecule has 3 aromatic rings. The van der Waals surface area contributed by atoms with Gasteiger partial charge < -0.3 is 10.5 Å². The van der Waals surface area contributed by atoms with E-state index in [2.05, 4.69) is 10.4 Å². The van der Waals surface area contributed by atoms with Gasteiger partial charge in [0.25, 0.3) is 5.56 Å². The number of ether oxygens (including phenoxy) is 1. The highest BCUT2D eigenvalue weighted by Gasteiger charge is 2.04. The summed E-state index contributed by atoms with van der Waals surface area (Å²) in [5.74, 6) is 0.0839. The fourth-order valence-corrected chi connectivity index (χ4v) is 2.99. The Balaban J connectivity index is 0.000000273. The van der Waals surface area contributed by atoms with Crippen LogP contribution in [0.3, 0.4) is 0 Å². The number of carbonyl (C=O) groups is 2. The molecule has 0 atom stereocenters. The first-order valence-corrected chi connectivity index (χ1v) is 10.7. The number of amides is 1. The van der Waals surface area contributed by atoms with Crippen LogP contribution in [0.1, 0.15) is 29.3 Å². The Morgan fingerprint density at radius 3 is 2.45 bits per heavy atom. The Kier molecular flexibility index (Phi) is 9.98. The molecule has 0 saturated carbocycles. The number of benzene rings is 2. The first-order chi connectivity index (χ1) is 15.8. The number of aryl methyl sites for hydroxylation is 2. The standard InChI is InChI=1S/C15H17N3O3.C10H13NO/c1-3-21-15(20)16-13-6-4-5-12(9-13)10-18-14(19)8-7-11(2)17-18;1-8-3-2-4-9(5-8)6-10(12)7-11/h4-9H,3,10H2,1-2H3,(H,16,20);2-5H,6-7,11H2,1H3. The molecule has 8 heteroatoms. The summed E-state index contributed by atoms with van der Waals surface area (Å²) in [4.78, 5) is 34.1. The number of rotatable bonds is 7. The quantitative estimate of drug-likeness (QED) is 0.571. The van der Waals surface area contributed by atoms with Crippen LogP contribution < -0.4 is 16.6 Å². The van der Waals surface area contributed by atoms with E-state index in [4.69, 9.17) is 10.5 Å². The van der Waals surface area contributed by atoms with Crippen molar-refractivity contribution in [3.05, 3.63) is 93.4 Å². The van der Waals surface area contributed by atoms with Crippen molar-refractivity contribution in [1.29, 1.82) is 0 Å². The lowest BCUT2D eigenvalue weighted by atomic mass is 10.1. The molecule has 0 aliphatic heterocycles. The molecule has 0 unspecified atom stereocenters. The summed E-state index contributed by atoms with van der Waals surface area (Å²) in [7, 11) is 0. The zero-order valence-corrected chi connectivity index (χ0v) is 19.2. The average molecular weight is 451 g/mol. The molecule has 33 heavy (non-hydrogen) atoms. The van der Waals surface area contributed by atoms with E-state index in [1.165, 1.54) is 16.3 Å². The molecule has 3 rings (SSSR count). The summed E-state index contributed by atoms with van der Waals surface area (Å²) in [6.07, 6.45) is -0.0430. The molecule has 2 aromatic carbocycles. The number of hydrogen-bond donors (Lipinski definition) is 2. The molecule has 174 valence electrons. The normalized spacial score (nSPS) is 10.1. The van der Waals surface area contributed by atoms with Gasteiger partial charge in [-0.3, -0.25) is 14.9 Å². The van der Waals surface area contributed by atoms with Gasteiger partial charge in [0.2, 0.25) is 0 Å². The van der Waals surface area contributed by atoms with E-state index in [-0.39, 0.29) is 17.9 Å². The van der Waals surface area contributed by atoms with Gasteiger partial charge in [-0.2, -0.15) is 5.10 Å². The van der Waals surface area contributed by atoms with Crippen molar-refractivity contribution in [2.75, 3.05) is 18.5 Å². The van der Waals surface area contributed by atoms with E-state index in [9.17, 15) is 14.4 Å². The van der Waals surface area contributed by atoms with Crippen LogP contribution in [0.2, 0.25) is 0 Å². The Bertz CT molecular complexity index is 1140. The summed E-state index contributed by atoms with van der Waals surface area (Å²) in [6.45, 7) is 6.37. The first-order valence-electron chi connectivity index (χ1n) is 10.7. The average Bonchev–Trinajstić information content (AvgIpc) is 2.77. The molecule has 0 aliphatic carbocycles. The number of anilines is 1. The van der Waals surface area contributed by atoms with Gasteiger partial charge >= 0.3 is 6.09 Å². The fourth-order valence-electron chi connectivity index (χ4n) is 2.99. The molecule has 0 saturated heterocycles. The van der Waals surface area contributed by atoms with Crippen molar-refractivity contribution in [2.24, 2.45) is 5.73 Å². The molecule has 0 bridgehead atoms.